The van der Waals surface area contributed by atoms with E-state index in [1.54, 1.807) is 24.3 Å². The first kappa shape index (κ1) is 22.9. The van der Waals surface area contributed by atoms with E-state index in [2.05, 4.69) is 5.32 Å². The Bertz CT molecular complexity index is 972. The smallest absolute Gasteiger partial charge is 0.326 e. The van der Waals surface area contributed by atoms with E-state index in [9.17, 15) is 23.2 Å². The van der Waals surface area contributed by atoms with E-state index in [4.69, 9.17) is 4.74 Å². The van der Waals surface area contributed by atoms with Gasteiger partial charge in [-0.3, -0.25) is 14.5 Å². The second-order valence-electron chi connectivity index (χ2n) is 8.63. The van der Waals surface area contributed by atoms with Gasteiger partial charge in [-0.05, 0) is 61.1 Å². The van der Waals surface area contributed by atoms with Gasteiger partial charge in [0.2, 0.25) is 0 Å². The van der Waals surface area contributed by atoms with E-state index in [1.807, 2.05) is 0 Å². The average Bonchev–Trinajstić information content (AvgIpc) is 3.36. The number of hydrogen-bond acceptors (Lipinski definition) is 4. The lowest BCUT2D eigenvalue weighted by atomic mass is 9.87. The van der Waals surface area contributed by atoms with E-state index in [1.165, 1.54) is 24.3 Å². The third kappa shape index (κ3) is 5.05. The molecule has 0 bridgehead atoms. The molecule has 1 aliphatic heterocycles. The quantitative estimate of drug-likeness (QED) is 0.365. The van der Waals surface area contributed by atoms with Crippen molar-refractivity contribution >= 4 is 17.9 Å². The Labute approximate surface area is 190 Å². The third-order valence-corrected chi connectivity index (χ3v) is 6.44. The Morgan fingerprint density at radius 2 is 1.52 bits per heavy atom. The van der Waals surface area contributed by atoms with Gasteiger partial charge >= 0.3 is 12.0 Å². The van der Waals surface area contributed by atoms with Gasteiger partial charge in [-0.1, -0.05) is 37.1 Å². The molecule has 6 nitrogen and oxygen atoms in total. The zero-order valence-corrected chi connectivity index (χ0v) is 18.2. The zero-order valence-electron chi connectivity index (χ0n) is 18.2. The van der Waals surface area contributed by atoms with Gasteiger partial charge in [0.05, 0.1) is 6.61 Å². The monoisotopic (exact) mass is 456 g/mol. The van der Waals surface area contributed by atoms with Gasteiger partial charge in [0, 0.05) is 5.92 Å². The number of nitrogens with one attached hydrogen (secondary N) is 1. The molecule has 0 unspecified atom stereocenters. The second kappa shape index (κ2) is 9.68. The van der Waals surface area contributed by atoms with E-state index in [-0.39, 0.29) is 30.1 Å². The lowest BCUT2D eigenvalue weighted by molar-refractivity contribution is -0.147. The Morgan fingerprint density at radius 1 is 0.970 bits per heavy atom. The first-order chi connectivity index (χ1) is 15.9. The molecular formula is C25H26F2N2O4. The Balaban J connectivity index is 1.31. The van der Waals surface area contributed by atoms with Crippen LogP contribution in [-0.2, 0) is 14.3 Å². The predicted octanol–water partition coefficient (Wildman–Crippen LogP) is 4.28. The Kier molecular flexibility index (Phi) is 6.72. The van der Waals surface area contributed by atoms with E-state index >= 15 is 0 Å². The van der Waals surface area contributed by atoms with Crippen LogP contribution in [0.2, 0.25) is 0 Å². The zero-order chi connectivity index (χ0) is 23.4. The summed E-state index contributed by atoms with van der Waals surface area (Å²) in [6.07, 6.45) is 4.00. The van der Waals surface area contributed by atoms with Crippen LogP contribution in [0.25, 0.3) is 0 Å². The number of esters is 1. The molecule has 33 heavy (non-hydrogen) atoms. The maximum Gasteiger partial charge on any atom is 0.326 e. The van der Waals surface area contributed by atoms with Crippen LogP contribution in [0.1, 0.15) is 55.6 Å². The molecule has 1 aliphatic carbocycles. The number of ether oxygens (including phenoxy) is 1. The summed E-state index contributed by atoms with van der Waals surface area (Å²) in [5.74, 6) is -1.81. The molecule has 1 saturated heterocycles. The minimum absolute atomic E-state index is 0.104. The van der Waals surface area contributed by atoms with Crippen molar-refractivity contribution in [2.24, 2.45) is 0 Å². The number of benzene rings is 2. The minimum atomic E-state index is -0.852. The third-order valence-electron chi connectivity index (χ3n) is 6.44. The van der Waals surface area contributed by atoms with Crippen LogP contribution in [0.5, 0.6) is 0 Å². The molecule has 1 spiro atoms. The predicted molar refractivity (Wildman–Crippen MR) is 116 cm³/mol. The van der Waals surface area contributed by atoms with Crippen LogP contribution in [0, 0.1) is 11.6 Å². The highest BCUT2D eigenvalue weighted by atomic mass is 19.1. The van der Waals surface area contributed by atoms with Gasteiger partial charge in [0.25, 0.3) is 5.91 Å². The molecular weight excluding hydrogens is 430 g/mol. The largest absolute Gasteiger partial charge is 0.464 e. The van der Waals surface area contributed by atoms with Gasteiger partial charge in [-0.25, -0.2) is 13.6 Å². The van der Waals surface area contributed by atoms with Crippen molar-refractivity contribution in [3.05, 3.63) is 71.3 Å². The van der Waals surface area contributed by atoms with Gasteiger partial charge in [-0.2, -0.15) is 0 Å². The molecule has 1 heterocycles. The number of halogens is 2. The number of carbonyl (C=O) groups excluding carboxylic acids is 3. The fourth-order valence-corrected chi connectivity index (χ4v) is 4.70. The van der Waals surface area contributed by atoms with Crippen molar-refractivity contribution in [2.75, 3.05) is 13.2 Å². The Hall–Kier alpha value is -3.29. The number of nitrogens with zero attached hydrogens (tertiary/aromatic N) is 1. The Morgan fingerprint density at radius 3 is 2.06 bits per heavy atom. The molecule has 8 heteroatoms. The fourth-order valence-electron chi connectivity index (χ4n) is 4.70. The summed E-state index contributed by atoms with van der Waals surface area (Å²) < 4.78 is 32.0. The van der Waals surface area contributed by atoms with Crippen LogP contribution in [0.3, 0.4) is 0 Å². The summed E-state index contributed by atoms with van der Waals surface area (Å²) in [7, 11) is 0. The van der Waals surface area contributed by atoms with Crippen LogP contribution >= 0.6 is 0 Å². The van der Waals surface area contributed by atoms with Crippen molar-refractivity contribution in [2.45, 2.75) is 50.0 Å². The first-order valence-electron chi connectivity index (χ1n) is 11.2. The molecule has 1 N–H and O–H groups in total. The number of urea groups is 1. The summed E-state index contributed by atoms with van der Waals surface area (Å²) in [6.45, 7) is -0.307. The van der Waals surface area contributed by atoms with Crippen LogP contribution in [-0.4, -0.2) is 41.5 Å². The number of hydrogen-bond donors (Lipinski definition) is 1. The summed E-state index contributed by atoms with van der Waals surface area (Å²) >= 11 is 0. The topological polar surface area (TPSA) is 75.7 Å². The normalized spacial score (nSPS) is 17.1. The second-order valence-corrected chi connectivity index (χ2v) is 8.63. The minimum Gasteiger partial charge on any atom is -0.464 e. The number of imide groups is 1. The van der Waals surface area contributed by atoms with Crippen LogP contribution in [0.15, 0.2) is 48.5 Å². The summed E-state index contributed by atoms with van der Waals surface area (Å²) in [6, 6.07) is 11.7. The maximum atomic E-state index is 13.4. The highest BCUT2D eigenvalue weighted by Crippen LogP contribution is 2.35. The van der Waals surface area contributed by atoms with Gasteiger partial charge in [-0.15, -0.1) is 0 Å². The molecule has 0 aromatic heterocycles. The van der Waals surface area contributed by atoms with Crippen molar-refractivity contribution in [3.8, 4) is 0 Å². The fraction of sp³-hybridized carbons (Fsp3) is 0.400. The summed E-state index contributed by atoms with van der Waals surface area (Å²) in [5, 5.41) is 2.74. The SMILES string of the molecule is O=C(CN1C(=O)NC2(CCCC2)C1=O)OCCCC(c1ccc(F)cc1)c1ccc(F)cc1. The first-order valence-corrected chi connectivity index (χ1v) is 11.2. The number of amides is 3. The average molecular weight is 456 g/mol. The highest BCUT2D eigenvalue weighted by molar-refractivity contribution is 6.08. The molecule has 0 radical (unpaired) electrons. The summed E-state index contributed by atoms with van der Waals surface area (Å²) in [4.78, 5) is 38.0. The van der Waals surface area contributed by atoms with Crippen molar-refractivity contribution in [3.63, 3.8) is 0 Å². The molecule has 2 fully saturated rings. The molecule has 174 valence electrons. The van der Waals surface area contributed by atoms with Gasteiger partial charge in [0.1, 0.15) is 23.7 Å². The van der Waals surface area contributed by atoms with Crippen molar-refractivity contribution in [1.29, 1.82) is 0 Å². The molecule has 4 rings (SSSR count). The van der Waals surface area contributed by atoms with Crippen molar-refractivity contribution < 1.29 is 27.9 Å². The van der Waals surface area contributed by atoms with E-state index < -0.39 is 24.1 Å². The van der Waals surface area contributed by atoms with E-state index in [0.29, 0.717) is 25.7 Å². The van der Waals surface area contributed by atoms with Crippen molar-refractivity contribution in [1.82, 2.24) is 10.2 Å². The van der Waals surface area contributed by atoms with Crippen LogP contribution in [0.4, 0.5) is 13.6 Å². The standard InChI is InChI=1S/C25H26F2N2O4/c26-19-9-5-17(6-10-19)21(18-7-11-20(27)12-8-18)4-3-15-33-22(30)16-29-23(31)25(28-24(29)32)13-1-2-14-25/h5-12,21H,1-4,13-16H2,(H,28,32). The lowest BCUT2D eigenvalue weighted by Crippen LogP contribution is -2.44. The van der Waals surface area contributed by atoms with Gasteiger partial charge < -0.3 is 10.1 Å². The number of carbonyl (C=O) groups is 3. The summed E-state index contributed by atoms with van der Waals surface area (Å²) in [5.41, 5.74) is 0.889. The molecule has 3 amide bonds. The lowest BCUT2D eigenvalue weighted by Gasteiger charge is -2.20. The van der Waals surface area contributed by atoms with Gasteiger partial charge in [0.15, 0.2) is 0 Å². The molecule has 2 aromatic rings. The van der Waals surface area contributed by atoms with E-state index in [0.717, 1.165) is 28.9 Å². The maximum absolute atomic E-state index is 13.4. The molecule has 2 aromatic carbocycles. The molecule has 0 atom stereocenters. The van der Waals surface area contributed by atoms with Crippen LogP contribution < -0.4 is 5.32 Å². The highest BCUT2D eigenvalue weighted by Gasteiger charge is 2.52. The molecule has 2 aliphatic rings. The molecule has 1 saturated carbocycles. The number of rotatable bonds is 8.